The van der Waals surface area contributed by atoms with Crippen molar-refractivity contribution in [1.82, 2.24) is 4.72 Å². The molecule has 0 bridgehead atoms. The van der Waals surface area contributed by atoms with E-state index in [1.54, 1.807) is 44.2 Å². The zero-order valence-corrected chi connectivity index (χ0v) is 20.4. The van der Waals surface area contributed by atoms with E-state index >= 15 is 0 Å². The van der Waals surface area contributed by atoms with Gasteiger partial charge in [-0.1, -0.05) is 60.2 Å². The maximum atomic E-state index is 13.4. The van der Waals surface area contributed by atoms with E-state index in [2.05, 4.69) is 10.0 Å². The number of carbonyl (C=O) groups is 2. The van der Waals surface area contributed by atoms with E-state index in [9.17, 15) is 18.0 Å². The predicted molar refractivity (Wildman–Crippen MR) is 131 cm³/mol. The van der Waals surface area contributed by atoms with E-state index in [-0.39, 0.29) is 22.6 Å². The molecule has 3 aromatic carbocycles. The standard InChI is InChI=1S/C26H28N2O5S/c1-17-14-18(2)24(19(3)15-17)34(31,32)28-23(16-20-10-6-5-7-11-20)25(29)27-22-13-9-8-12-21(22)26(30)33-4/h5-15,23,28H,16H2,1-4H3,(H,27,29). The molecule has 7 nitrogen and oxygen atoms in total. The summed E-state index contributed by atoms with van der Waals surface area (Å²) < 4.78 is 34.2. The third-order valence-electron chi connectivity index (χ3n) is 5.36. The van der Waals surface area contributed by atoms with Gasteiger partial charge in [0.05, 0.1) is 23.3 Å². The highest BCUT2D eigenvalue weighted by atomic mass is 32.2. The second kappa shape index (κ2) is 10.6. The molecule has 178 valence electrons. The summed E-state index contributed by atoms with van der Waals surface area (Å²) in [7, 11) is -2.78. The molecule has 0 saturated heterocycles. The van der Waals surface area contributed by atoms with Crippen LogP contribution in [0, 0.1) is 20.8 Å². The van der Waals surface area contributed by atoms with Crippen molar-refractivity contribution in [2.45, 2.75) is 38.1 Å². The van der Waals surface area contributed by atoms with Crippen LogP contribution in [-0.2, 0) is 26.0 Å². The summed E-state index contributed by atoms with van der Waals surface area (Å²) in [6.45, 7) is 5.36. The van der Waals surface area contributed by atoms with Crippen molar-refractivity contribution < 1.29 is 22.7 Å². The smallest absolute Gasteiger partial charge is 0.339 e. The van der Waals surface area contributed by atoms with Gasteiger partial charge in [0, 0.05) is 0 Å². The highest BCUT2D eigenvalue weighted by Crippen LogP contribution is 2.23. The van der Waals surface area contributed by atoms with E-state index in [4.69, 9.17) is 4.74 Å². The Bertz CT molecular complexity index is 1280. The molecule has 0 aromatic heterocycles. The number of para-hydroxylation sites is 1. The maximum Gasteiger partial charge on any atom is 0.339 e. The Morgan fingerprint density at radius 3 is 2.12 bits per heavy atom. The molecule has 0 radical (unpaired) electrons. The minimum atomic E-state index is -4.03. The third-order valence-corrected chi connectivity index (χ3v) is 7.14. The van der Waals surface area contributed by atoms with E-state index < -0.39 is 27.9 Å². The first-order valence-electron chi connectivity index (χ1n) is 10.7. The maximum absolute atomic E-state index is 13.4. The Balaban J connectivity index is 1.97. The van der Waals surface area contributed by atoms with Gasteiger partial charge in [-0.05, 0) is 56.0 Å². The summed E-state index contributed by atoms with van der Waals surface area (Å²) in [5, 5.41) is 2.69. The molecule has 34 heavy (non-hydrogen) atoms. The number of nitrogens with one attached hydrogen (secondary N) is 2. The molecule has 1 unspecified atom stereocenters. The minimum absolute atomic E-state index is 0.121. The summed E-state index contributed by atoms with van der Waals surface area (Å²) >= 11 is 0. The highest BCUT2D eigenvalue weighted by molar-refractivity contribution is 7.89. The van der Waals surface area contributed by atoms with E-state index in [1.807, 2.05) is 37.3 Å². The number of anilines is 1. The van der Waals surface area contributed by atoms with Gasteiger partial charge in [0.2, 0.25) is 15.9 Å². The third kappa shape index (κ3) is 5.89. The average molecular weight is 481 g/mol. The van der Waals surface area contributed by atoms with E-state index in [0.29, 0.717) is 11.1 Å². The van der Waals surface area contributed by atoms with Crippen LogP contribution >= 0.6 is 0 Å². The van der Waals surface area contributed by atoms with Crippen LogP contribution in [0.15, 0.2) is 71.6 Å². The summed E-state index contributed by atoms with van der Waals surface area (Å²) in [6.07, 6.45) is 0.121. The molecular weight excluding hydrogens is 452 g/mol. The number of amides is 1. The lowest BCUT2D eigenvalue weighted by atomic mass is 10.1. The van der Waals surface area contributed by atoms with Crippen LogP contribution in [0.5, 0.6) is 0 Å². The second-order valence-corrected chi connectivity index (χ2v) is 9.77. The Morgan fingerprint density at radius 1 is 0.912 bits per heavy atom. The molecular formula is C26H28N2O5S. The number of aryl methyl sites for hydroxylation is 3. The fourth-order valence-electron chi connectivity index (χ4n) is 3.97. The summed E-state index contributed by atoms with van der Waals surface area (Å²) in [4.78, 5) is 25.6. The fourth-order valence-corrected chi connectivity index (χ4v) is 5.62. The SMILES string of the molecule is COC(=O)c1ccccc1NC(=O)C(Cc1ccccc1)NS(=O)(=O)c1c(C)cc(C)cc1C. The topological polar surface area (TPSA) is 102 Å². The zero-order valence-electron chi connectivity index (χ0n) is 19.6. The summed E-state index contributed by atoms with van der Waals surface area (Å²) in [5.41, 5.74) is 3.33. The second-order valence-electron chi connectivity index (χ2n) is 8.12. The minimum Gasteiger partial charge on any atom is -0.465 e. The Labute approximate surface area is 200 Å². The molecule has 3 rings (SSSR count). The van der Waals surface area contributed by atoms with Gasteiger partial charge in [-0.15, -0.1) is 0 Å². The number of carbonyl (C=O) groups excluding carboxylic acids is 2. The molecule has 0 aliphatic carbocycles. The molecule has 0 spiro atoms. The van der Waals surface area contributed by atoms with Crippen molar-refractivity contribution >= 4 is 27.6 Å². The quantitative estimate of drug-likeness (QED) is 0.476. The van der Waals surface area contributed by atoms with Crippen LogP contribution in [0.1, 0.15) is 32.6 Å². The van der Waals surface area contributed by atoms with Crippen LogP contribution in [0.25, 0.3) is 0 Å². The number of esters is 1. The molecule has 3 aromatic rings. The molecule has 8 heteroatoms. The van der Waals surface area contributed by atoms with E-state index in [1.165, 1.54) is 13.2 Å². The molecule has 1 atom stereocenters. The number of sulfonamides is 1. The first-order valence-corrected chi connectivity index (χ1v) is 12.2. The lowest BCUT2D eigenvalue weighted by Gasteiger charge is -2.21. The largest absolute Gasteiger partial charge is 0.465 e. The molecule has 0 aliphatic heterocycles. The molecule has 2 N–H and O–H groups in total. The van der Waals surface area contributed by atoms with Crippen molar-refractivity contribution in [3.8, 4) is 0 Å². The van der Waals surface area contributed by atoms with Gasteiger partial charge in [0.25, 0.3) is 0 Å². The van der Waals surface area contributed by atoms with Crippen molar-refractivity contribution in [3.05, 3.63) is 94.5 Å². The lowest BCUT2D eigenvalue weighted by Crippen LogP contribution is -2.45. The monoisotopic (exact) mass is 480 g/mol. The van der Waals surface area contributed by atoms with Crippen LogP contribution in [0.2, 0.25) is 0 Å². The first-order chi connectivity index (χ1) is 16.1. The van der Waals surface area contributed by atoms with Crippen molar-refractivity contribution in [1.29, 1.82) is 0 Å². The van der Waals surface area contributed by atoms with Gasteiger partial charge < -0.3 is 10.1 Å². The zero-order chi connectivity index (χ0) is 24.9. The number of benzene rings is 3. The first kappa shape index (κ1) is 25.1. The van der Waals surface area contributed by atoms with Gasteiger partial charge in [-0.25, -0.2) is 13.2 Å². The molecule has 0 saturated carbocycles. The van der Waals surface area contributed by atoms with Gasteiger partial charge in [0.15, 0.2) is 0 Å². The Hall–Kier alpha value is -3.49. The van der Waals surface area contributed by atoms with E-state index in [0.717, 1.165) is 11.1 Å². The number of hydrogen-bond acceptors (Lipinski definition) is 5. The normalized spacial score (nSPS) is 12.1. The fraction of sp³-hybridized carbons (Fsp3) is 0.231. The van der Waals surface area contributed by atoms with Crippen LogP contribution in [0.3, 0.4) is 0 Å². The average Bonchev–Trinajstić information content (AvgIpc) is 2.78. The number of hydrogen-bond donors (Lipinski definition) is 2. The van der Waals surface area contributed by atoms with Crippen LogP contribution in [0.4, 0.5) is 5.69 Å². The Morgan fingerprint density at radius 2 is 1.50 bits per heavy atom. The number of ether oxygens (including phenoxy) is 1. The van der Waals surface area contributed by atoms with Crippen LogP contribution in [-0.4, -0.2) is 33.4 Å². The van der Waals surface area contributed by atoms with Gasteiger partial charge in [0.1, 0.15) is 6.04 Å². The van der Waals surface area contributed by atoms with Crippen molar-refractivity contribution in [2.24, 2.45) is 0 Å². The molecule has 0 aliphatic rings. The molecule has 1 amide bonds. The summed E-state index contributed by atoms with van der Waals surface area (Å²) in [6, 6.07) is 18.0. The predicted octanol–water partition coefficient (Wildman–Crippen LogP) is 3.93. The Kier molecular flexibility index (Phi) is 7.86. The summed E-state index contributed by atoms with van der Waals surface area (Å²) in [5.74, 6) is -1.20. The number of methoxy groups -OCH3 is 1. The lowest BCUT2D eigenvalue weighted by molar-refractivity contribution is -0.117. The van der Waals surface area contributed by atoms with Crippen molar-refractivity contribution in [2.75, 3.05) is 12.4 Å². The van der Waals surface area contributed by atoms with Crippen molar-refractivity contribution in [3.63, 3.8) is 0 Å². The molecule has 0 heterocycles. The van der Waals surface area contributed by atoms with Gasteiger partial charge in [-0.2, -0.15) is 4.72 Å². The van der Waals surface area contributed by atoms with Crippen LogP contribution < -0.4 is 10.0 Å². The number of rotatable bonds is 8. The van der Waals surface area contributed by atoms with Gasteiger partial charge in [-0.3, -0.25) is 4.79 Å². The van der Waals surface area contributed by atoms with Gasteiger partial charge >= 0.3 is 5.97 Å². The molecule has 0 fully saturated rings. The highest BCUT2D eigenvalue weighted by Gasteiger charge is 2.29.